The maximum Gasteiger partial charge on any atom is 0.282 e. The summed E-state index contributed by atoms with van der Waals surface area (Å²) in [4.78, 5) is 18.4. The van der Waals surface area contributed by atoms with Crippen LogP contribution in [0.25, 0.3) is 33.5 Å². The SMILES string of the molecule is CCOc1cc(C=Nn2c(-c3cc4cc(Br)ccc4o3)nc3ccccc3c2=O)c(Br)c(Cl)c1O[C@@H](C)CC. The van der Waals surface area contributed by atoms with Gasteiger partial charge >= 0.3 is 0 Å². The summed E-state index contributed by atoms with van der Waals surface area (Å²) in [5.74, 6) is 1.62. The zero-order chi connectivity index (χ0) is 27.7. The van der Waals surface area contributed by atoms with Gasteiger partial charge in [0.1, 0.15) is 10.6 Å². The number of fused-ring (bicyclic) bond motifs is 2. The minimum atomic E-state index is -0.336. The second kappa shape index (κ2) is 11.5. The first-order valence-corrected chi connectivity index (χ1v) is 14.3. The van der Waals surface area contributed by atoms with Crippen molar-refractivity contribution in [1.29, 1.82) is 0 Å². The molecule has 2 heterocycles. The van der Waals surface area contributed by atoms with Crippen molar-refractivity contribution in [1.82, 2.24) is 9.66 Å². The minimum absolute atomic E-state index is 0.0534. The van der Waals surface area contributed by atoms with Crippen molar-refractivity contribution in [2.75, 3.05) is 6.61 Å². The Morgan fingerprint density at radius 3 is 2.72 bits per heavy atom. The third kappa shape index (κ3) is 5.48. The van der Waals surface area contributed by atoms with Gasteiger partial charge in [0.25, 0.3) is 5.56 Å². The van der Waals surface area contributed by atoms with Crippen molar-refractivity contribution in [3.8, 4) is 23.1 Å². The van der Waals surface area contributed by atoms with Gasteiger partial charge in [-0.05, 0) is 78.7 Å². The Kier molecular flexibility index (Phi) is 8.11. The van der Waals surface area contributed by atoms with Crippen LogP contribution in [0.1, 0.15) is 32.8 Å². The largest absolute Gasteiger partial charge is 0.490 e. The Labute approximate surface area is 246 Å². The molecule has 39 heavy (non-hydrogen) atoms. The van der Waals surface area contributed by atoms with Crippen molar-refractivity contribution in [3.05, 3.63) is 84.5 Å². The topological polar surface area (TPSA) is 78.9 Å². The van der Waals surface area contributed by atoms with Crippen molar-refractivity contribution < 1.29 is 13.9 Å². The van der Waals surface area contributed by atoms with Gasteiger partial charge in [-0.25, -0.2) is 4.98 Å². The van der Waals surface area contributed by atoms with E-state index in [4.69, 9.17) is 30.5 Å². The number of para-hydroxylation sites is 1. The summed E-state index contributed by atoms with van der Waals surface area (Å²) in [6.07, 6.45) is 2.29. The molecule has 0 N–H and O–H groups in total. The zero-order valence-corrected chi connectivity index (χ0v) is 25.3. The van der Waals surface area contributed by atoms with Crippen molar-refractivity contribution >= 4 is 71.5 Å². The van der Waals surface area contributed by atoms with Crippen LogP contribution in [-0.4, -0.2) is 28.6 Å². The molecular weight excluding hydrogens is 650 g/mol. The molecule has 3 aromatic carbocycles. The fourth-order valence-corrected chi connectivity index (χ4v) is 5.01. The zero-order valence-electron chi connectivity index (χ0n) is 21.4. The molecule has 0 saturated carbocycles. The van der Waals surface area contributed by atoms with Crippen LogP contribution < -0.4 is 15.0 Å². The average Bonchev–Trinajstić information content (AvgIpc) is 3.35. The van der Waals surface area contributed by atoms with Crippen LogP contribution in [0.2, 0.25) is 5.02 Å². The Hall–Kier alpha value is -3.14. The number of hydrogen-bond acceptors (Lipinski definition) is 6. The fourth-order valence-electron chi connectivity index (χ4n) is 3.99. The van der Waals surface area contributed by atoms with Crippen LogP contribution in [0.15, 0.2) is 77.9 Å². The summed E-state index contributed by atoms with van der Waals surface area (Å²) < 4.78 is 20.7. The molecule has 2 aromatic heterocycles. The van der Waals surface area contributed by atoms with Gasteiger partial charge in [-0.3, -0.25) is 4.79 Å². The molecule has 0 spiro atoms. The van der Waals surface area contributed by atoms with E-state index in [-0.39, 0.29) is 17.5 Å². The summed E-state index contributed by atoms with van der Waals surface area (Å²) in [7, 11) is 0. The van der Waals surface area contributed by atoms with Crippen molar-refractivity contribution in [2.24, 2.45) is 5.10 Å². The quantitative estimate of drug-likeness (QED) is 0.155. The van der Waals surface area contributed by atoms with E-state index >= 15 is 0 Å². The van der Waals surface area contributed by atoms with Crippen LogP contribution in [0, 0.1) is 0 Å². The summed E-state index contributed by atoms with van der Waals surface area (Å²) in [6, 6.07) is 16.4. The normalized spacial score (nSPS) is 12.5. The van der Waals surface area contributed by atoms with E-state index in [1.165, 1.54) is 10.9 Å². The first-order chi connectivity index (χ1) is 18.8. The molecule has 0 amide bonds. The molecule has 0 unspecified atom stereocenters. The van der Waals surface area contributed by atoms with Crippen LogP contribution in [-0.2, 0) is 0 Å². The van der Waals surface area contributed by atoms with E-state index < -0.39 is 0 Å². The van der Waals surface area contributed by atoms with Gasteiger partial charge in [-0.1, -0.05) is 46.6 Å². The average molecular weight is 674 g/mol. The molecular formula is C29H24Br2ClN3O4. The van der Waals surface area contributed by atoms with Crippen molar-refractivity contribution in [3.63, 3.8) is 0 Å². The molecule has 5 aromatic rings. The molecule has 0 aliphatic heterocycles. The van der Waals surface area contributed by atoms with Crippen molar-refractivity contribution in [2.45, 2.75) is 33.3 Å². The minimum Gasteiger partial charge on any atom is -0.490 e. The maximum absolute atomic E-state index is 13.6. The number of furan rings is 1. The lowest BCUT2D eigenvalue weighted by molar-refractivity contribution is 0.203. The summed E-state index contributed by atoms with van der Waals surface area (Å²) in [6.45, 7) is 6.30. The van der Waals surface area contributed by atoms with E-state index in [1.807, 2.05) is 51.1 Å². The smallest absolute Gasteiger partial charge is 0.282 e. The first kappa shape index (κ1) is 27.4. The highest BCUT2D eigenvalue weighted by Gasteiger charge is 2.20. The molecule has 0 aliphatic rings. The molecule has 10 heteroatoms. The number of halogens is 3. The lowest BCUT2D eigenvalue weighted by Crippen LogP contribution is -2.20. The number of ether oxygens (including phenoxy) is 2. The second-order valence-corrected chi connectivity index (χ2v) is 10.9. The van der Waals surface area contributed by atoms with Gasteiger partial charge in [-0.15, -0.1) is 0 Å². The third-order valence-electron chi connectivity index (χ3n) is 6.11. The highest BCUT2D eigenvalue weighted by atomic mass is 79.9. The van der Waals surface area contributed by atoms with E-state index in [1.54, 1.807) is 24.3 Å². The molecule has 7 nitrogen and oxygen atoms in total. The van der Waals surface area contributed by atoms with Crippen LogP contribution in [0.4, 0.5) is 0 Å². The second-order valence-electron chi connectivity index (χ2n) is 8.80. The number of nitrogens with zero attached hydrogens (tertiary/aromatic N) is 3. The first-order valence-electron chi connectivity index (χ1n) is 12.4. The highest BCUT2D eigenvalue weighted by molar-refractivity contribution is 9.10. The molecule has 0 saturated heterocycles. The number of aromatic nitrogens is 2. The molecule has 0 fully saturated rings. The Balaban J connectivity index is 1.67. The van der Waals surface area contributed by atoms with Gasteiger partial charge in [0, 0.05) is 19.9 Å². The lowest BCUT2D eigenvalue weighted by atomic mass is 10.2. The Morgan fingerprint density at radius 2 is 1.95 bits per heavy atom. The Bertz CT molecular complexity index is 1780. The number of rotatable bonds is 8. The van der Waals surface area contributed by atoms with E-state index in [0.717, 1.165) is 16.3 Å². The molecule has 0 radical (unpaired) electrons. The monoisotopic (exact) mass is 671 g/mol. The van der Waals surface area contributed by atoms with Gasteiger partial charge < -0.3 is 13.9 Å². The van der Waals surface area contributed by atoms with E-state index in [2.05, 4.69) is 37.0 Å². The fraction of sp³-hybridized carbons (Fsp3) is 0.207. The molecule has 1 atom stereocenters. The summed E-state index contributed by atoms with van der Waals surface area (Å²) in [5.41, 5.74) is 1.47. The predicted molar refractivity (Wildman–Crippen MR) is 163 cm³/mol. The van der Waals surface area contributed by atoms with Crippen LogP contribution >= 0.6 is 43.5 Å². The molecule has 5 rings (SSSR count). The van der Waals surface area contributed by atoms with Gasteiger partial charge in [0.05, 0.1) is 29.8 Å². The molecule has 200 valence electrons. The Morgan fingerprint density at radius 1 is 1.15 bits per heavy atom. The summed E-state index contributed by atoms with van der Waals surface area (Å²) >= 11 is 13.8. The third-order valence-corrected chi connectivity index (χ3v) is 8.05. The number of hydrogen-bond donors (Lipinski definition) is 0. The van der Waals surface area contributed by atoms with Gasteiger partial charge in [-0.2, -0.15) is 9.78 Å². The maximum atomic E-state index is 13.6. The van der Waals surface area contributed by atoms with Crippen LogP contribution in [0.5, 0.6) is 11.5 Å². The van der Waals surface area contributed by atoms with E-state index in [9.17, 15) is 4.79 Å². The van der Waals surface area contributed by atoms with Gasteiger partial charge in [0.15, 0.2) is 17.3 Å². The standard InChI is InChI=1S/C29H24Br2ClN3O4/c1-4-16(3)38-27-23(37-5-2)14-18(25(31)26(27)32)15-33-35-28(34-21-9-7-6-8-20(21)29(35)36)24-13-17-12-19(30)10-11-22(17)39-24/h6-16H,4-5H2,1-3H3/t16-/m0/s1. The number of benzene rings is 3. The molecule has 0 bridgehead atoms. The van der Waals surface area contributed by atoms with Crippen LogP contribution in [0.3, 0.4) is 0 Å². The molecule has 0 aliphatic carbocycles. The highest BCUT2D eigenvalue weighted by Crippen LogP contribution is 2.43. The lowest BCUT2D eigenvalue weighted by Gasteiger charge is -2.19. The summed E-state index contributed by atoms with van der Waals surface area (Å²) in [5, 5.41) is 6.22. The predicted octanol–water partition coefficient (Wildman–Crippen LogP) is 8.45. The van der Waals surface area contributed by atoms with Gasteiger partial charge in [0.2, 0.25) is 5.82 Å². The van der Waals surface area contributed by atoms with E-state index in [0.29, 0.717) is 55.4 Å².